The number of hydrogen-bond acceptors (Lipinski definition) is 1. The highest BCUT2D eigenvalue weighted by molar-refractivity contribution is 5.74. The normalized spacial score (nSPS) is 12.8. The molecule has 0 saturated carbocycles. The van der Waals surface area contributed by atoms with E-state index in [2.05, 4.69) is 103 Å². The molecule has 0 spiro atoms. The first-order chi connectivity index (χ1) is 13.9. The van der Waals surface area contributed by atoms with Gasteiger partial charge in [0.1, 0.15) is 5.75 Å². The molecule has 0 heterocycles. The van der Waals surface area contributed by atoms with Crippen molar-refractivity contribution in [2.24, 2.45) is 5.41 Å². The molecule has 0 fully saturated rings. The summed E-state index contributed by atoms with van der Waals surface area (Å²) in [6.07, 6.45) is 0.983. The van der Waals surface area contributed by atoms with Gasteiger partial charge >= 0.3 is 0 Å². The summed E-state index contributed by atoms with van der Waals surface area (Å²) in [6.45, 7) is 15.8. The molecule has 0 aliphatic heterocycles. The number of benzene rings is 3. The largest absolute Gasteiger partial charge is 0.507 e. The van der Waals surface area contributed by atoms with Crippen LogP contribution in [-0.4, -0.2) is 5.11 Å². The van der Waals surface area contributed by atoms with E-state index in [9.17, 15) is 5.11 Å². The first-order valence-electron chi connectivity index (χ1n) is 10.9. The smallest absolute Gasteiger partial charge is 0.127 e. The first kappa shape index (κ1) is 22.2. The second kappa shape index (κ2) is 7.95. The van der Waals surface area contributed by atoms with E-state index in [0.29, 0.717) is 5.75 Å². The predicted molar refractivity (Wildman–Crippen MR) is 129 cm³/mol. The fourth-order valence-corrected chi connectivity index (χ4v) is 4.79. The fourth-order valence-electron chi connectivity index (χ4n) is 4.79. The highest BCUT2D eigenvalue weighted by Crippen LogP contribution is 2.46. The zero-order chi connectivity index (χ0) is 22.2. The van der Waals surface area contributed by atoms with Crippen LogP contribution in [0.2, 0.25) is 0 Å². The Kier molecular flexibility index (Phi) is 5.87. The quantitative estimate of drug-likeness (QED) is 0.458. The minimum absolute atomic E-state index is 0.158. The Hall–Kier alpha value is -2.54. The van der Waals surface area contributed by atoms with Crippen molar-refractivity contribution in [3.05, 3.63) is 89.5 Å². The zero-order valence-corrected chi connectivity index (χ0v) is 19.6. The maximum atomic E-state index is 11.4. The highest BCUT2D eigenvalue weighted by atomic mass is 16.3. The van der Waals surface area contributed by atoms with Gasteiger partial charge in [0, 0.05) is 16.5 Å². The van der Waals surface area contributed by atoms with Gasteiger partial charge in [0.2, 0.25) is 0 Å². The third-order valence-corrected chi connectivity index (χ3v) is 6.11. The molecule has 0 aliphatic rings. The summed E-state index contributed by atoms with van der Waals surface area (Å²) in [5, 5.41) is 11.4. The number of hydrogen-bond donors (Lipinski definition) is 1. The van der Waals surface area contributed by atoms with E-state index >= 15 is 0 Å². The molecule has 158 valence electrons. The van der Waals surface area contributed by atoms with Gasteiger partial charge < -0.3 is 5.11 Å². The molecule has 0 atom stereocenters. The van der Waals surface area contributed by atoms with Crippen LogP contribution >= 0.6 is 0 Å². The van der Waals surface area contributed by atoms with Gasteiger partial charge in [-0.1, -0.05) is 115 Å². The molecule has 30 heavy (non-hydrogen) atoms. The second-order valence-electron chi connectivity index (χ2n) is 10.9. The van der Waals surface area contributed by atoms with Crippen LogP contribution in [0.5, 0.6) is 5.75 Å². The van der Waals surface area contributed by atoms with Gasteiger partial charge in [-0.15, -0.1) is 0 Å². The molecule has 0 amide bonds. The molecule has 3 aromatic rings. The summed E-state index contributed by atoms with van der Waals surface area (Å²) < 4.78 is 0. The molecule has 0 unspecified atom stereocenters. The average Bonchev–Trinajstić information content (AvgIpc) is 2.67. The van der Waals surface area contributed by atoms with Crippen LogP contribution in [0.1, 0.15) is 71.6 Å². The minimum Gasteiger partial charge on any atom is -0.507 e. The van der Waals surface area contributed by atoms with Crippen LogP contribution in [0, 0.1) is 5.41 Å². The fraction of sp³-hybridized carbons (Fsp3) is 0.379. The lowest BCUT2D eigenvalue weighted by Gasteiger charge is -2.36. The highest BCUT2D eigenvalue weighted by Gasteiger charge is 2.33. The molecule has 3 aromatic carbocycles. The topological polar surface area (TPSA) is 20.2 Å². The summed E-state index contributed by atoms with van der Waals surface area (Å²) in [4.78, 5) is 0. The lowest BCUT2D eigenvalue weighted by atomic mass is 9.69. The lowest BCUT2D eigenvalue weighted by molar-refractivity contribution is 0.278. The van der Waals surface area contributed by atoms with Crippen molar-refractivity contribution in [3.8, 4) is 16.9 Å². The molecule has 1 nitrogen and oxygen atoms in total. The van der Waals surface area contributed by atoms with Crippen molar-refractivity contribution >= 4 is 0 Å². The maximum absolute atomic E-state index is 11.4. The second-order valence-corrected chi connectivity index (χ2v) is 10.9. The maximum Gasteiger partial charge on any atom is 0.127 e. The zero-order valence-electron chi connectivity index (χ0n) is 19.6. The number of phenolic OH excluding ortho intramolecular Hbond substituents is 1. The SMILES string of the molecule is CC(C)(C)CC(C)(C)c1cc(C(C)(C)c2ccccc2)cc(-c2ccccc2)c1O. The Morgan fingerprint density at radius 1 is 0.667 bits per heavy atom. The summed E-state index contributed by atoms with van der Waals surface area (Å²) >= 11 is 0. The van der Waals surface area contributed by atoms with E-state index in [1.807, 2.05) is 18.2 Å². The van der Waals surface area contributed by atoms with Crippen LogP contribution in [0.15, 0.2) is 72.8 Å². The summed E-state index contributed by atoms with van der Waals surface area (Å²) in [5.74, 6) is 0.406. The first-order valence-corrected chi connectivity index (χ1v) is 10.9. The predicted octanol–water partition coefficient (Wildman–Crippen LogP) is 8.10. The van der Waals surface area contributed by atoms with Gasteiger partial charge in [-0.25, -0.2) is 0 Å². The molecule has 0 aromatic heterocycles. The Bertz CT molecular complexity index is 990. The minimum atomic E-state index is -0.176. The number of aromatic hydroxyl groups is 1. The molecule has 1 N–H and O–H groups in total. The Labute approximate surface area is 182 Å². The Morgan fingerprint density at radius 2 is 1.20 bits per heavy atom. The summed E-state index contributed by atoms with van der Waals surface area (Å²) in [6, 6.07) is 25.3. The summed E-state index contributed by atoms with van der Waals surface area (Å²) in [7, 11) is 0. The van der Waals surface area contributed by atoms with Crippen LogP contribution < -0.4 is 0 Å². The number of phenols is 1. The van der Waals surface area contributed by atoms with Gasteiger partial charge in [0.25, 0.3) is 0 Å². The van der Waals surface area contributed by atoms with Crippen LogP contribution in [0.3, 0.4) is 0 Å². The van der Waals surface area contributed by atoms with Crippen LogP contribution in [0.25, 0.3) is 11.1 Å². The third kappa shape index (κ3) is 4.61. The van der Waals surface area contributed by atoms with Crippen LogP contribution in [-0.2, 0) is 10.8 Å². The summed E-state index contributed by atoms with van der Waals surface area (Å²) in [5.41, 5.74) is 5.31. The van der Waals surface area contributed by atoms with E-state index in [1.165, 1.54) is 11.1 Å². The molecule has 1 heteroatoms. The van der Waals surface area contributed by atoms with Gasteiger partial charge in [-0.05, 0) is 40.0 Å². The van der Waals surface area contributed by atoms with Gasteiger partial charge in [0.15, 0.2) is 0 Å². The Morgan fingerprint density at radius 3 is 1.73 bits per heavy atom. The van der Waals surface area contributed by atoms with Crippen molar-refractivity contribution in [3.63, 3.8) is 0 Å². The van der Waals surface area contributed by atoms with Crippen molar-refractivity contribution < 1.29 is 5.11 Å². The Balaban J connectivity index is 2.26. The molecule has 0 radical (unpaired) electrons. The lowest BCUT2D eigenvalue weighted by Crippen LogP contribution is -2.26. The van der Waals surface area contributed by atoms with Gasteiger partial charge in [-0.3, -0.25) is 0 Å². The molecule has 0 saturated heterocycles. The third-order valence-electron chi connectivity index (χ3n) is 6.11. The van der Waals surface area contributed by atoms with E-state index in [0.717, 1.165) is 23.1 Å². The molecule has 3 rings (SSSR count). The van der Waals surface area contributed by atoms with E-state index < -0.39 is 0 Å². The van der Waals surface area contributed by atoms with Gasteiger partial charge in [0.05, 0.1) is 0 Å². The van der Waals surface area contributed by atoms with Gasteiger partial charge in [-0.2, -0.15) is 0 Å². The van der Waals surface area contributed by atoms with Crippen molar-refractivity contribution in [1.29, 1.82) is 0 Å². The number of rotatable bonds is 5. The van der Waals surface area contributed by atoms with Crippen molar-refractivity contribution in [2.45, 2.75) is 65.7 Å². The molecule has 0 bridgehead atoms. The molecule has 0 aliphatic carbocycles. The van der Waals surface area contributed by atoms with E-state index in [1.54, 1.807) is 0 Å². The van der Waals surface area contributed by atoms with Crippen LogP contribution in [0.4, 0.5) is 0 Å². The standard InChI is InChI=1S/C29H36O/c1-27(2,3)20-28(4,5)25-19-23(29(6,7)22-16-12-9-13-17-22)18-24(26(25)30)21-14-10-8-11-15-21/h8-19,30H,20H2,1-7H3. The van der Waals surface area contributed by atoms with E-state index in [-0.39, 0.29) is 16.2 Å². The van der Waals surface area contributed by atoms with Crippen molar-refractivity contribution in [2.75, 3.05) is 0 Å². The average molecular weight is 401 g/mol. The van der Waals surface area contributed by atoms with Crippen molar-refractivity contribution in [1.82, 2.24) is 0 Å². The monoisotopic (exact) mass is 400 g/mol. The van der Waals surface area contributed by atoms with E-state index in [4.69, 9.17) is 0 Å². The molecular weight excluding hydrogens is 364 g/mol. The molecular formula is C29H36O.